The minimum Gasteiger partial charge on any atom is -0.469 e. The van der Waals surface area contributed by atoms with Crippen molar-refractivity contribution in [3.05, 3.63) is 71.4 Å². The number of aromatic nitrogens is 1. The van der Waals surface area contributed by atoms with E-state index < -0.39 is 29.9 Å². The number of aromatic amines is 1. The van der Waals surface area contributed by atoms with E-state index in [1.54, 1.807) is 0 Å². The zero-order valence-electron chi connectivity index (χ0n) is 18.2. The first-order valence-electron chi connectivity index (χ1n) is 10.4. The smallest absolute Gasteiger partial charge is 0.312 e. The quantitative estimate of drug-likeness (QED) is 0.384. The number of rotatable bonds is 9. The van der Waals surface area contributed by atoms with Gasteiger partial charge in [0.25, 0.3) is 0 Å². The summed E-state index contributed by atoms with van der Waals surface area (Å²) in [6, 6.07) is 13.8. The van der Waals surface area contributed by atoms with Crippen molar-refractivity contribution in [2.45, 2.75) is 25.8 Å². The van der Waals surface area contributed by atoms with Gasteiger partial charge in [-0.2, -0.15) is 0 Å². The molecule has 3 rings (SSSR count). The highest BCUT2D eigenvalue weighted by atomic mass is 16.5. The molecule has 3 aromatic rings. The van der Waals surface area contributed by atoms with Crippen LogP contribution in [0.4, 0.5) is 4.79 Å². The van der Waals surface area contributed by atoms with Crippen LogP contribution in [-0.4, -0.2) is 42.6 Å². The van der Waals surface area contributed by atoms with Crippen molar-refractivity contribution in [1.82, 2.24) is 15.6 Å². The number of para-hydroxylation sites is 1. The van der Waals surface area contributed by atoms with E-state index in [4.69, 9.17) is 10.5 Å². The Labute approximate surface area is 186 Å². The molecule has 0 saturated heterocycles. The van der Waals surface area contributed by atoms with Crippen molar-refractivity contribution in [2.75, 3.05) is 13.7 Å². The normalized spacial score (nSPS) is 12.7. The summed E-state index contributed by atoms with van der Waals surface area (Å²) < 4.78 is 4.92. The number of amides is 3. The van der Waals surface area contributed by atoms with Crippen LogP contribution in [-0.2, 0) is 27.2 Å². The van der Waals surface area contributed by atoms with Crippen molar-refractivity contribution in [1.29, 1.82) is 0 Å². The van der Waals surface area contributed by atoms with E-state index in [1.165, 1.54) is 7.11 Å². The number of H-pyrrole nitrogens is 1. The van der Waals surface area contributed by atoms with Crippen LogP contribution in [0.25, 0.3) is 10.9 Å². The molecule has 3 amide bonds. The number of fused-ring (bicyclic) bond motifs is 1. The van der Waals surface area contributed by atoms with Gasteiger partial charge in [-0.1, -0.05) is 48.0 Å². The third-order valence-corrected chi connectivity index (χ3v) is 5.35. The number of carbonyl (C=O) groups excluding carboxylic acids is 3. The summed E-state index contributed by atoms with van der Waals surface area (Å²) in [6.07, 6.45) is 2.48. The molecule has 2 atom stereocenters. The first-order valence-corrected chi connectivity index (χ1v) is 10.4. The van der Waals surface area contributed by atoms with Crippen molar-refractivity contribution < 1.29 is 19.1 Å². The van der Waals surface area contributed by atoms with Gasteiger partial charge in [0.05, 0.1) is 13.0 Å². The molecule has 2 aromatic carbocycles. The fraction of sp³-hybridized carbons (Fsp3) is 0.292. The molecule has 168 valence electrons. The number of hydrogen-bond acceptors (Lipinski definition) is 4. The molecule has 0 aliphatic rings. The molecule has 1 heterocycles. The SMILES string of the molecule is COC(=O)C(CNC(=O)C(Cc1c[nH]c2ccccc12)NC(N)=O)Cc1cccc(C)c1. The van der Waals surface area contributed by atoms with E-state index in [1.807, 2.05) is 61.7 Å². The predicted molar refractivity (Wildman–Crippen MR) is 122 cm³/mol. The van der Waals surface area contributed by atoms with Crippen LogP contribution < -0.4 is 16.4 Å². The van der Waals surface area contributed by atoms with E-state index in [-0.39, 0.29) is 13.0 Å². The summed E-state index contributed by atoms with van der Waals surface area (Å²) in [4.78, 5) is 39.9. The second-order valence-electron chi connectivity index (χ2n) is 7.78. The number of urea groups is 1. The number of nitrogens with one attached hydrogen (secondary N) is 3. The minimum atomic E-state index is -0.885. The third-order valence-electron chi connectivity index (χ3n) is 5.35. The fourth-order valence-corrected chi connectivity index (χ4v) is 3.78. The molecule has 0 radical (unpaired) electrons. The van der Waals surface area contributed by atoms with Crippen molar-refractivity contribution in [3.8, 4) is 0 Å². The van der Waals surface area contributed by atoms with Gasteiger partial charge in [0.1, 0.15) is 6.04 Å². The van der Waals surface area contributed by atoms with Gasteiger partial charge in [-0.3, -0.25) is 9.59 Å². The molecule has 8 heteroatoms. The number of nitrogens with two attached hydrogens (primary N) is 1. The summed E-state index contributed by atoms with van der Waals surface area (Å²) in [7, 11) is 1.32. The van der Waals surface area contributed by atoms with Crippen molar-refractivity contribution >= 4 is 28.8 Å². The highest BCUT2D eigenvalue weighted by Gasteiger charge is 2.25. The molecule has 2 unspecified atom stereocenters. The number of ether oxygens (including phenoxy) is 1. The summed E-state index contributed by atoms with van der Waals surface area (Å²) >= 11 is 0. The van der Waals surface area contributed by atoms with E-state index in [0.717, 1.165) is 27.6 Å². The van der Waals surface area contributed by atoms with Gasteiger partial charge in [0, 0.05) is 30.1 Å². The van der Waals surface area contributed by atoms with E-state index in [0.29, 0.717) is 6.42 Å². The molecular formula is C24H28N4O4. The lowest BCUT2D eigenvalue weighted by molar-refractivity contribution is -0.145. The second kappa shape index (κ2) is 10.5. The van der Waals surface area contributed by atoms with Crippen LogP contribution in [0.3, 0.4) is 0 Å². The van der Waals surface area contributed by atoms with Crippen LogP contribution in [0.15, 0.2) is 54.7 Å². The van der Waals surface area contributed by atoms with Gasteiger partial charge in [0.2, 0.25) is 5.91 Å². The number of esters is 1. The molecule has 0 spiro atoms. The van der Waals surface area contributed by atoms with Crippen molar-refractivity contribution in [3.63, 3.8) is 0 Å². The third kappa shape index (κ3) is 5.87. The first kappa shape index (κ1) is 22.9. The molecule has 0 fully saturated rings. The maximum absolute atomic E-state index is 12.9. The Hall–Kier alpha value is -3.81. The molecule has 1 aromatic heterocycles. The molecule has 32 heavy (non-hydrogen) atoms. The summed E-state index contributed by atoms with van der Waals surface area (Å²) in [5, 5.41) is 6.24. The minimum absolute atomic E-state index is 0.0737. The maximum Gasteiger partial charge on any atom is 0.312 e. The first-order chi connectivity index (χ1) is 15.4. The van der Waals surface area contributed by atoms with Gasteiger partial charge in [-0.25, -0.2) is 4.79 Å². The van der Waals surface area contributed by atoms with E-state index in [9.17, 15) is 14.4 Å². The number of hydrogen-bond donors (Lipinski definition) is 4. The number of carbonyl (C=O) groups is 3. The van der Waals surface area contributed by atoms with Gasteiger partial charge >= 0.3 is 12.0 Å². The van der Waals surface area contributed by atoms with Gasteiger partial charge in [0.15, 0.2) is 0 Å². The molecule has 0 saturated carbocycles. The highest BCUT2D eigenvalue weighted by Crippen LogP contribution is 2.19. The standard InChI is InChI=1S/C24H28N4O4/c1-15-6-5-7-16(10-15)11-18(23(30)32-2)14-27-22(29)21(28-24(25)31)12-17-13-26-20-9-4-3-8-19(17)20/h3-10,13,18,21,26H,11-12,14H2,1-2H3,(H,27,29)(H3,25,28,31). The predicted octanol–water partition coefficient (Wildman–Crippen LogP) is 2.20. The Kier molecular flexibility index (Phi) is 7.49. The molecular weight excluding hydrogens is 408 g/mol. The van der Waals surface area contributed by atoms with Crippen LogP contribution >= 0.6 is 0 Å². The molecule has 0 bridgehead atoms. The van der Waals surface area contributed by atoms with E-state index in [2.05, 4.69) is 15.6 Å². The van der Waals surface area contributed by atoms with Gasteiger partial charge in [-0.15, -0.1) is 0 Å². The Balaban J connectivity index is 1.71. The molecule has 8 nitrogen and oxygen atoms in total. The lowest BCUT2D eigenvalue weighted by atomic mass is 9.97. The maximum atomic E-state index is 12.9. The lowest BCUT2D eigenvalue weighted by Gasteiger charge is -2.20. The van der Waals surface area contributed by atoms with Crippen LogP contribution in [0.2, 0.25) is 0 Å². The van der Waals surface area contributed by atoms with Crippen LogP contribution in [0, 0.1) is 12.8 Å². The van der Waals surface area contributed by atoms with Crippen LogP contribution in [0.1, 0.15) is 16.7 Å². The molecule has 0 aliphatic carbocycles. The topological polar surface area (TPSA) is 126 Å². The molecule has 0 aliphatic heterocycles. The summed E-state index contributed by atoms with van der Waals surface area (Å²) in [5.41, 5.74) is 9.17. The van der Waals surface area contributed by atoms with Crippen molar-refractivity contribution in [2.24, 2.45) is 11.7 Å². The van der Waals surface area contributed by atoms with Gasteiger partial charge in [-0.05, 0) is 30.5 Å². The highest BCUT2D eigenvalue weighted by molar-refractivity contribution is 5.89. The Morgan fingerprint density at radius 3 is 2.59 bits per heavy atom. The second-order valence-corrected chi connectivity index (χ2v) is 7.78. The Bertz CT molecular complexity index is 1110. The number of aryl methyl sites for hydroxylation is 1. The Morgan fingerprint density at radius 2 is 1.88 bits per heavy atom. The summed E-state index contributed by atoms with van der Waals surface area (Å²) in [5.74, 6) is -1.40. The zero-order chi connectivity index (χ0) is 23.1. The zero-order valence-corrected chi connectivity index (χ0v) is 18.2. The lowest BCUT2D eigenvalue weighted by Crippen LogP contribution is -2.51. The number of primary amides is 1. The average molecular weight is 437 g/mol. The van der Waals surface area contributed by atoms with E-state index >= 15 is 0 Å². The monoisotopic (exact) mass is 436 g/mol. The Morgan fingerprint density at radius 1 is 1.09 bits per heavy atom. The fourth-order valence-electron chi connectivity index (χ4n) is 3.78. The molecule has 5 N–H and O–H groups in total. The summed E-state index contributed by atoms with van der Waals surface area (Å²) in [6.45, 7) is 2.05. The van der Waals surface area contributed by atoms with Gasteiger partial charge < -0.3 is 26.1 Å². The average Bonchev–Trinajstić information content (AvgIpc) is 3.18. The number of methoxy groups -OCH3 is 1. The largest absolute Gasteiger partial charge is 0.469 e. The van der Waals surface area contributed by atoms with Crippen LogP contribution in [0.5, 0.6) is 0 Å². The number of benzene rings is 2.